The largest absolute Gasteiger partial charge is 0.496 e. The van der Waals surface area contributed by atoms with Gasteiger partial charge in [-0.15, -0.1) is 0 Å². The van der Waals surface area contributed by atoms with Gasteiger partial charge in [0.25, 0.3) is 5.69 Å². The van der Waals surface area contributed by atoms with E-state index in [9.17, 15) is 14.9 Å². The molecule has 0 spiro atoms. The maximum atomic E-state index is 11.9. The Hall–Kier alpha value is -2.80. The molecule has 0 aliphatic heterocycles. The molecule has 0 atom stereocenters. The molecule has 120 valence electrons. The third-order valence-corrected chi connectivity index (χ3v) is 3.37. The van der Waals surface area contributed by atoms with Crippen LogP contribution in [-0.2, 0) is 6.54 Å². The number of methoxy groups -OCH3 is 1. The van der Waals surface area contributed by atoms with Crippen LogP contribution in [0.5, 0.6) is 5.75 Å². The number of hydrogen-bond donors (Lipinski definition) is 2. The molecule has 0 aliphatic rings. The third-order valence-electron chi connectivity index (χ3n) is 3.04. The molecule has 0 aromatic heterocycles. The van der Waals surface area contributed by atoms with Gasteiger partial charge in [0.1, 0.15) is 5.75 Å². The van der Waals surface area contributed by atoms with Crippen LogP contribution < -0.4 is 15.4 Å². The molecule has 0 aliphatic carbocycles. The number of nitro groups is 1. The molecule has 8 heteroatoms. The number of para-hydroxylation sites is 1. The lowest BCUT2D eigenvalue weighted by Crippen LogP contribution is -2.28. The number of nitrogens with one attached hydrogen (secondary N) is 2. The minimum Gasteiger partial charge on any atom is -0.496 e. The van der Waals surface area contributed by atoms with E-state index in [1.165, 1.54) is 18.2 Å². The second kappa shape index (κ2) is 7.46. The normalized spacial score (nSPS) is 10.0. The molecular formula is C15H14ClN3O4. The molecule has 7 nitrogen and oxygen atoms in total. The van der Waals surface area contributed by atoms with Gasteiger partial charge in [0.2, 0.25) is 0 Å². The molecule has 2 aromatic rings. The van der Waals surface area contributed by atoms with Gasteiger partial charge < -0.3 is 15.4 Å². The lowest BCUT2D eigenvalue weighted by atomic mass is 10.2. The van der Waals surface area contributed by atoms with Crippen LogP contribution in [0.15, 0.2) is 42.5 Å². The number of amides is 2. The zero-order chi connectivity index (χ0) is 16.8. The Bertz CT molecular complexity index is 736. The van der Waals surface area contributed by atoms with E-state index >= 15 is 0 Å². The molecule has 0 heterocycles. The molecule has 2 rings (SSSR count). The molecule has 0 bridgehead atoms. The van der Waals surface area contributed by atoms with Gasteiger partial charge in [-0.3, -0.25) is 10.1 Å². The fourth-order valence-electron chi connectivity index (χ4n) is 1.91. The number of anilines is 1. The Balaban J connectivity index is 2.02. The van der Waals surface area contributed by atoms with Crippen molar-refractivity contribution < 1.29 is 14.5 Å². The number of carbonyl (C=O) groups is 1. The van der Waals surface area contributed by atoms with E-state index in [0.29, 0.717) is 5.75 Å². The second-order valence-corrected chi connectivity index (χ2v) is 4.95. The predicted molar refractivity (Wildman–Crippen MR) is 87.0 cm³/mol. The highest BCUT2D eigenvalue weighted by Crippen LogP contribution is 2.26. The van der Waals surface area contributed by atoms with Crippen LogP contribution in [0.2, 0.25) is 5.02 Å². The highest BCUT2D eigenvalue weighted by atomic mass is 35.5. The lowest BCUT2D eigenvalue weighted by molar-refractivity contribution is -0.384. The van der Waals surface area contributed by atoms with Gasteiger partial charge in [-0.1, -0.05) is 29.8 Å². The van der Waals surface area contributed by atoms with Crippen LogP contribution >= 0.6 is 11.6 Å². The van der Waals surface area contributed by atoms with Crippen LogP contribution in [0.3, 0.4) is 0 Å². The number of rotatable bonds is 5. The minimum atomic E-state index is -0.561. The zero-order valence-corrected chi connectivity index (χ0v) is 13.0. The fraction of sp³-hybridized carbons (Fsp3) is 0.133. The molecular weight excluding hydrogens is 322 g/mol. The molecule has 2 amide bonds. The molecule has 0 fully saturated rings. The number of urea groups is 1. The topological polar surface area (TPSA) is 93.5 Å². The van der Waals surface area contributed by atoms with Crippen molar-refractivity contribution in [1.29, 1.82) is 0 Å². The summed E-state index contributed by atoms with van der Waals surface area (Å²) in [5.74, 6) is 0.654. The Morgan fingerprint density at radius 2 is 2.04 bits per heavy atom. The number of hydrogen-bond acceptors (Lipinski definition) is 4. The highest BCUT2D eigenvalue weighted by Gasteiger charge is 2.12. The van der Waals surface area contributed by atoms with Gasteiger partial charge in [0.05, 0.1) is 22.7 Å². The quantitative estimate of drug-likeness (QED) is 0.645. The summed E-state index contributed by atoms with van der Waals surface area (Å²) in [6.45, 7) is 0.238. The van der Waals surface area contributed by atoms with E-state index < -0.39 is 11.0 Å². The van der Waals surface area contributed by atoms with Gasteiger partial charge in [0.15, 0.2) is 0 Å². The van der Waals surface area contributed by atoms with Crippen molar-refractivity contribution in [3.05, 3.63) is 63.2 Å². The maximum absolute atomic E-state index is 11.9. The second-order valence-electron chi connectivity index (χ2n) is 4.54. The third kappa shape index (κ3) is 4.33. The average Bonchev–Trinajstić information content (AvgIpc) is 2.55. The van der Waals surface area contributed by atoms with Crippen LogP contribution in [0, 0.1) is 10.1 Å². The van der Waals surface area contributed by atoms with Crippen LogP contribution in [0.1, 0.15) is 5.56 Å². The molecule has 2 N–H and O–H groups in total. The van der Waals surface area contributed by atoms with Gasteiger partial charge in [-0.25, -0.2) is 4.79 Å². The van der Waals surface area contributed by atoms with E-state index in [1.807, 2.05) is 18.2 Å². The van der Waals surface area contributed by atoms with Crippen molar-refractivity contribution in [3.8, 4) is 5.75 Å². The number of ether oxygens (including phenoxy) is 1. The summed E-state index contributed by atoms with van der Waals surface area (Å²) in [4.78, 5) is 22.1. The van der Waals surface area contributed by atoms with E-state index in [-0.39, 0.29) is 22.9 Å². The molecule has 0 unspecified atom stereocenters. The van der Waals surface area contributed by atoms with Crippen molar-refractivity contribution in [2.24, 2.45) is 0 Å². The molecule has 0 radical (unpaired) electrons. The fourth-order valence-corrected chi connectivity index (χ4v) is 2.08. The standard InChI is InChI=1S/C15H14ClN3O4/c1-23-14-5-3-2-4-10(14)9-17-15(20)18-13-8-11(19(21)22)6-7-12(13)16/h2-8H,9H2,1H3,(H2,17,18,20). The summed E-state index contributed by atoms with van der Waals surface area (Å²) in [7, 11) is 1.54. The van der Waals surface area contributed by atoms with Gasteiger partial charge in [-0.05, 0) is 12.1 Å². The van der Waals surface area contributed by atoms with Crippen LogP contribution in [0.4, 0.5) is 16.2 Å². The first-order valence-corrected chi connectivity index (χ1v) is 6.99. The first-order valence-electron chi connectivity index (χ1n) is 6.62. The van der Waals surface area contributed by atoms with Gasteiger partial charge in [-0.2, -0.15) is 0 Å². The van der Waals surface area contributed by atoms with Crippen molar-refractivity contribution >= 4 is 29.0 Å². The van der Waals surface area contributed by atoms with E-state index in [2.05, 4.69) is 10.6 Å². The number of nitro benzene ring substituents is 1. The number of nitrogens with zero attached hydrogens (tertiary/aromatic N) is 1. The summed E-state index contributed by atoms with van der Waals surface area (Å²) in [6, 6.07) is 10.5. The Labute approximate surface area is 137 Å². The van der Waals surface area contributed by atoms with Crippen LogP contribution in [0.25, 0.3) is 0 Å². The van der Waals surface area contributed by atoms with Crippen molar-refractivity contribution in [1.82, 2.24) is 5.32 Å². The first-order chi connectivity index (χ1) is 11.0. The predicted octanol–water partition coefficient (Wildman–Crippen LogP) is 3.58. The SMILES string of the molecule is COc1ccccc1CNC(=O)Nc1cc([N+](=O)[O-])ccc1Cl. The summed E-state index contributed by atoms with van der Waals surface area (Å²) < 4.78 is 5.19. The summed E-state index contributed by atoms with van der Waals surface area (Å²) in [5, 5.41) is 16.1. The summed E-state index contributed by atoms with van der Waals surface area (Å²) in [6.07, 6.45) is 0. The Morgan fingerprint density at radius 3 is 2.74 bits per heavy atom. The minimum absolute atomic E-state index is 0.158. The average molecular weight is 336 g/mol. The zero-order valence-electron chi connectivity index (χ0n) is 12.2. The summed E-state index contributed by atoms with van der Waals surface area (Å²) >= 11 is 5.92. The molecule has 23 heavy (non-hydrogen) atoms. The number of halogens is 1. The van der Waals surface area contributed by atoms with E-state index in [0.717, 1.165) is 5.56 Å². The summed E-state index contributed by atoms with van der Waals surface area (Å²) in [5.41, 5.74) is 0.808. The molecule has 0 saturated carbocycles. The Morgan fingerprint density at radius 1 is 1.30 bits per heavy atom. The van der Waals surface area contributed by atoms with Gasteiger partial charge >= 0.3 is 6.03 Å². The number of benzene rings is 2. The smallest absolute Gasteiger partial charge is 0.319 e. The van der Waals surface area contributed by atoms with E-state index in [1.54, 1.807) is 13.2 Å². The molecule has 2 aromatic carbocycles. The molecule has 0 saturated heterocycles. The van der Waals surface area contributed by atoms with Crippen molar-refractivity contribution in [2.75, 3.05) is 12.4 Å². The highest BCUT2D eigenvalue weighted by molar-refractivity contribution is 6.33. The Kier molecular flexibility index (Phi) is 5.37. The number of carbonyl (C=O) groups excluding carboxylic acids is 1. The monoisotopic (exact) mass is 335 g/mol. The van der Waals surface area contributed by atoms with Gasteiger partial charge in [0, 0.05) is 24.2 Å². The van der Waals surface area contributed by atoms with Crippen molar-refractivity contribution in [3.63, 3.8) is 0 Å². The van der Waals surface area contributed by atoms with Crippen LogP contribution in [-0.4, -0.2) is 18.1 Å². The van der Waals surface area contributed by atoms with Crippen molar-refractivity contribution in [2.45, 2.75) is 6.54 Å². The number of non-ortho nitro benzene ring substituents is 1. The van der Waals surface area contributed by atoms with E-state index in [4.69, 9.17) is 16.3 Å². The maximum Gasteiger partial charge on any atom is 0.319 e. The lowest BCUT2D eigenvalue weighted by Gasteiger charge is -2.11. The first kappa shape index (κ1) is 16.6.